The number of hydrogen-bond donors (Lipinski definition) is 1. The van der Waals surface area contributed by atoms with E-state index in [0.29, 0.717) is 12.3 Å². The van der Waals surface area contributed by atoms with E-state index in [-0.39, 0.29) is 17.9 Å². The van der Waals surface area contributed by atoms with Crippen LogP contribution in [0.15, 0.2) is 23.9 Å². The van der Waals surface area contributed by atoms with Crippen molar-refractivity contribution in [1.82, 2.24) is 4.90 Å². The molecule has 3 atom stereocenters. The first-order chi connectivity index (χ1) is 8.34. The molecule has 0 radical (unpaired) electrons. The van der Waals surface area contributed by atoms with Crippen LogP contribution in [0.3, 0.4) is 0 Å². The van der Waals surface area contributed by atoms with Gasteiger partial charge in [0.2, 0.25) is 5.91 Å². The Morgan fingerprint density at radius 1 is 1.56 bits per heavy atom. The molecule has 1 fully saturated rings. The highest BCUT2D eigenvalue weighted by atomic mass is 16.3. The Bertz CT molecular complexity index is 407. The van der Waals surface area contributed by atoms with Crippen LogP contribution in [0.4, 0.5) is 0 Å². The van der Waals surface area contributed by atoms with Gasteiger partial charge in [-0.1, -0.05) is 32.1 Å². The molecule has 1 N–H and O–H groups in total. The van der Waals surface area contributed by atoms with Crippen molar-refractivity contribution in [3.8, 4) is 0 Å². The SMILES string of the molecule is CC(=O)N1C2=CCC=C[C@@H]2[C@@](C)(O)C[C@@H]1C(C)C. The molecular weight excluding hydrogens is 226 g/mol. The fourth-order valence-electron chi connectivity index (χ4n) is 3.19. The number of carbonyl (C=O) groups excluding carboxylic acids is 1. The molecule has 2 rings (SSSR count). The fourth-order valence-corrected chi connectivity index (χ4v) is 3.19. The third-order valence-electron chi connectivity index (χ3n) is 4.12. The van der Waals surface area contributed by atoms with Gasteiger partial charge in [0.25, 0.3) is 0 Å². The molecule has 1 aliphatic heterocycles. The Balaban J connectivity index is 2.43. The molecule has 0 aromatic carbocycles. The van der Waals surface area contributed by atoms with Crippen molar-refractivity contribution in [3.63, 3.8) is 0 Å². The van der Waals surface area contributed by atoms with Crippen LogP contribution in [0, 0.1) is 11.8 Å². The van der Waals surface area contributed by atoms with Gasteiger partial charge in [-0.05, 0) is 25.7 Å². The highest BCUT2D eigenvalue weighted by molar-refractivity contribution is 5.76. The number of hydrogen-bond acceptors (Lipinski definition) is 2. The largest absolute Gasteiger partial charge is 0.389 e. The Labute approximate surface area is 109 Å². The summed E-state index contributed by atoms with van der Waals surface area (Å²) in [7, 11) is 0. The molecular formula is C15H23NO2. The maximum Gasteiger partial charge on any atom is 0.223 e. The van der Waals surface area contributed by atoms with Crippen LogP contribution in [0.5, 0.6) is 0 Å². The lowest BCUT2D eigenvalue weighted by molar-refractivity contribution is -0.136. The predicted octanol–water partition coefficient (Wildman–Crippen LogP) is 2.47. The van der Waals surface area contributed by atoms with Crippen molar-refractivity contribution < 1.29 is 9.90 Å². The molecule has 1 aliphatic carbocycles. The molecule has 0 bridgehead atoms. The zero-order valence-corrected chi connectivity index (χ0v) is 11.7. The third-order valence-corrected chi connectivity index (χ3v) is 4.12. The van der Waals surface area contributed by atoms with Crippen LogP contribution >= 0.6 is 0 Å². The molecule has 18 heavy (non-hydrogen) atoms. The van der Waals surface area contributed by atoms with Gasteiger partial charge in [0, 0.05) is 24.6 Å². The van der Waals surface area contributed by atoms with E-state index in [1.807, 2.05) is 17.9 Å². The molecule has 0 saturated carbocycles. The van der Waals surface area contributed by atoms with Gasteiger partial charge in [-0.3, -0.25) is 4.79 Å². The van der Waals surface area contributed by atoms with Gasteiger partial charge in [-0.2, -0.15) is 0 Å². The Morgan fingerprint density at radius 3 is 2.78 bits per heavy atom. The minimum atomic E-state index is -0.760. The number of allylic oxidation sites excluding steroid dienone is 2. The van der Waals surface area contributed by atoms with E-state index < -0.39 is 5.60 Å². The number of fused-ring (bicyclic) bond motifs is 1. The highest BCUT2D eigenvalue weighted by Crippen LogP contribution is 2.43. The molecule has 1 heterocycles. The summed E-state index contributed by atoms with van der Waals surface area (Å²) in [5, 5.41) is 10.7. The van der Waals surface area contributed by atoms with E-state index in [1.54, 1.807) is 6.92 Å². The van der Waals surface area contributed by atoms with Crippen LogP contribution in [-0.4, -0.2) is 27.6 Å². The van der Waals surface area contributed by atoms with Crippen LogP contribution < -0.4 is 0 Å². The third kappa shape index (κ3) is 2.12. The molecule has 100 valence electrons. The molecule has 2 aliphatic rings. The number of likely N-dealkylation sites (tertiary alicyclic amines) is 1. The second-order valence-corrected chi connectivity index (χ2v) is 6.03. The van der Waals surface area contributed by atoms with Crippen LogP contribution in [0.25, 0.3) is 0 Å². The summed E-state index contributed by atoms with van der Waals surface area (Å²) in [6, 6.07) is 0.0894. The van der Waals surface area contributed by atoms with Gasteiger partial charge in [-0.25, -0.2) is 0 Å². The van der Waals surface area contributed by atoms with Crippen molar-refractivity contribution in [1.29, 1.82) is 0 Å². The van der Waals surface area contributed by atoms with E-state index in [1.165, 1.54) is 0 Å². The van der Waals surface area contributed by atoms with Crippen molar-refractivity contribution >= 4 is 5.91 Å². The van der Waals surface area contributed by atoms with Crippen LogP contribution in [0.1, 0.15) is 40.5 Å². The second-order valence-electron chi connectivity index (χ2n) is 6.03. The van der Waals surface area contributed by atoms with Crippen molar-refractivity contribution in [2.45, 2.75) is 52.2 Å². The molecule has 0 aromatic heterocycles. The van der Waals surface area contributed by atoms with E-state index in [4.69, 9.17) is 0 Å². The first-order valence-corrected chi connectivity index (χ1v) is 6.73. The normalized spacial score (nSPS) is 35.4. The maximum absolute atomic E-state index is 12.0. The van der Waals surface area contributed by atoms with Gasteiger partial charge in [0.15, 0.2) is 0 Å². The molecule has 1 amide bonds. The van der Waals surface area contributed by atoms with Gasteiger partial charge >= 0.3 is 0 Å². The Morgan fingerprint density at radius 2 is 2.22 bits per heavy atom. The quantitative estimate of drug-likeness (QED) is 0.725. The summed E-state index contributed by atoms with van der Waals surface area (Å²) < 4.78 is 0. The summed E-state index contributed by atoms with van der Waals surface area (Å²) in [5.41, 5.74) is 0.226. The number of nitrogens with zero attached hydrogens (tertiary/aromatic N) is 1. The summed E-state index contributed by atoms with van der Waals surface area (Å²) in [6.45, 7) is 7.71. The highest BCUT2D eigenvalue weighted by Gasteiger charge is 2.46. The maximum atomic E-state index is 12.0. The predicted molar refractivity (Wildman–Crippen MR) is 71.7 cm³/mol. The molecule has 0 spiro atoms. The number of piperidine rings is 1. The van der Waals surface area contributed by atoms with Gasteiger partial charge in [-0.15, -0.1) is 0 Å². The standard InChI is InChI=1S/C15H23NO2/c1-10(2)14-9-15(4,18)12-7-5-6-8-13(12)16(14)11(3)17/h5,7-8,10,12,14,18H,6,9H2,1-4H3/t12-,14+,15-/m0/s1. The lowest BCUT2D eigenvalue weighted by atomic mass is 9.72. The topological polar surface area (TPSA) is 40.5 Å². The minimum absolute atomic E-state index is 0.0508. The Kier molecular flexibility index (Phi) is 3.37. The molecule has 3 nitrogen and oxygen atoms in total. The average Bonchev–Trinajstić information content (AvgIpc) is 2.27. The molecule has 1 saturated heterocycles. The van der Waals surface area contributed by atoms with E-state index in [2.05, 4.69) is 26.0 Å². The van der Waals surface area contributed by atoms with Crippen molar-refractivity contribution in [2.75, 3.05) is 0 Å². The van der Waals surface area contributed by atoms with Gasteiger partial charge in [0.1, 0.15) is 0 Å². The smallest absolute Gasteiger partial charge is 0.223 e. The first-order valence-electron chi connectivity index (χ1n) is 6.73. The lowest BCUT2D eigenvalue weighted by Crippen LogP contribution is -2.56. The Hall–Kier alpha value is -1.09. The van der Waals surface area contributed by atoms with Crippen molar-refractivity contribution in [3.05, 3.63) is 23.9 Å². The minimum Gasteiger partial charge on any atom is -0.389 e. The van der Waals surface area contributed by atoms with Gasteiger partial charge in [0.05, 0.1) is 5.60 Å². The molecule has 3 heteroatoms. The van der Waals surface area contributed by atoms with Crippen LogP contribution in [0.2, 0.25) is 0 Å². The number of aliphatic hydroxyl groups is 1. The monoisotopic (exact) mass is 249 g/mol. The fraction of sp³-hybridized carbons (Fsp3) is 0.667. The first kappa shape index (κ1) is 13.3. The second kappa shape index (κ2) is 4.54. The van der Waals surface area contributed by atoms with E-state index in [9.17, 15) is 9.90 Å². The molecule has 0 unspecified atom stereocenters. The lowest BCUT2D eigenvalue weighted by Gasteiger charge is -2.50. The number of carbonyl (C=O) groups is 1. The van der Waals surface area contributed by atoms with Crippen LogP contribution in [-0.2, 0) is 4.79 Å². The molecule has 0 aromatic rings. The zero-order chi connectivity index (χ0) is 13.5. The van der Waals surface area contributed by atoms with E-state index >= 15 is 0 Å². The zero-order valence-electron chi connectivity index (χ0n) is 11.7. The summed E-state index contributed by atoms with van der Waals surface area (Å²) in [6.07, 6.45) is 7.67. The summed E-state index contributed by atoms with van der Waals surface area (Å²) in [5.74, 6) is 0.369. The van der Waals surface area contributed by atoms with Crippen molar-refractivity contribution in [2.24, 2.45) is 11.8 Å². The number of rotatable bonds is 1. The average molecular weight is 249 g/mol. The number of amides is 1. The van der Waals surface area contributed by atoms with Gasteiger partial charge < -0.3 is 10.0 Å². The summed E-state index contributed by atoms with van der Waals surface area (Å²) in [4.78, 5) is 13.9. The summed E-state index contributed by atoms with van der Waals surface area (Å²) >= 11 is 0. The van der Waals surface area contributed by atoms with E-state index in [0.717, 1.165) is 12.1 Å².